The van der Waals surface area contributed by atoms with Gasteiger partial charge in [-0.3, -0.25) is 0 Å². The van der Waals surface area contributed by atoms with Crippen molar-refractivity contribution in [2.75, 3.05) is 13.2 Å². The Morgan fingerprint density at radius 2 is 0.692 bits per heavy atom. The van der Waals surface area contributed by atoms with E-state index in [2.05, 4.69) is 111 Å². The highest BCUT2D eigenvalue weighted by Gasteiger charge is 2.18. The summed E-state index contributed by atoms with van der Waals surface area (Å²) in [4.78, 5) is 16.2. The second-order valence-electron chi connectivity index (χ2n) is 12.2. The van der Waals surface area contributed by atoms with Gasteiger partial charge in [-0.2, -0.15) is 0 Å². The maximum absolute atomic E-state index is 6.28. The van der Waals surface area contributed by atoms with E-state index < -0.39 is 0 Å². The van der Waals surface area contributed by atoms with Crippen LogP contribution in [0.15, 0.2) is 83.6 Å². The van der Waals surface area contributed by atoms with Crippen LogP contribution >= 0.6 is 90.7 Å². The third-order valence-corrected chi connectivity index (χ3v) is 18.5. The molecule has 0 amide bonds. The van der Waals surface area contributed by atoms with E-state index in [-0.39, 0.29) is 0 Å². The van der Waals surface area contributed by atoms with Crippen molar-refractivity contribution >= 4 is 90.7 Å². The van der Waals surface area contributed by atoms with Crippen molar-refractivity contribution in [1.29, 1.82) is 0 Å². The van der Waals surface area contributed by atoms with Crippen LogP contribution in [0.2, 0.25) is 0 Å². The van der Waals surface area contributed by atoms with Gasteiger partial charge < -0.3 is 9.47 Å². The average molecular weight is 831 g/mol. The number of rotatable bonds is 15. The predicted octanol–water partition coefficient (Wildman–Crippen LogP) is 15.9. The van der Waals surface area contributed by atoms with E-state index in [1.807, 2.05) is 68.0 Å². The molecule has 0 saturated heterocycles. The second kappa shape index (κ2) is 16.3. The van der Waals surface area contributed by atoms with E-state index >= 15 is 0 Å². The number of hydrogen-bond donors (Lipinski definition) is 0. The smallest absolute Gasteiger partial charge is 0.174 e. The van der Waals surface area contributed by atoms with Crippen molar-refractivity contribution in [3.63, 3.8) is 0 Å². The van der Waals surface area contributed by atoms with Crippen molar-refractivity contribution < 1.29 is 9.47 Å². The number of hydrogen-bond acceptors (Lipinski definition) is 10. The van der Waals surface area contributed by atoms with Crippen molar-refractivity contribution in [2.45, 2.75) is 53.4 Å². The fourth-order valence-electron chi connectivity index (χ4n) is 6.21. The zero-order valence-electron chi connectivity index (χ0n) is 29.4. The van der Waals surface area contributed by atoms with Crippen LogP contribution in [0.25, 0.3) is 58.5 Å². The van der Waals surface area contributed by atoms with Crippen LogP contribution in [0.1, 0.15) is 49.9 Å². The Morgan fingerprint density at radius 1 is 0.365 bits per heavy atom. The molecule has 8 aromatic heterocycles. The molecule has 0 fully saturated rings. The number of thiophene rings is 8. The molecule has 0 unspecified atom stereocenters. The molecule has 0 bridgehead atoms. The first-order chi connectivity index (χ1) is 25.5. The van der Waals surface area contributed by atoms with Crippen LogP contribution < -0.4 is 9.47 Å². The van der Waals surface area contributed by atoms with Gasteiger partial charge in [-0.15, -0.1) is 68.0 Å². The molecule has 8 heterocycles. The largest absolute Gasteiger partial charge is 0.480 e. The average Bonchev–Trinajstić information content (AvgIpc) is 4.02. The van der Waals surface area contributed by atoms with Crippen LogP contribution in [0.4, 0.5) is 0 Å². The Morgan fingerprint density at radius 3 is 1.04 bits per heavy atom. The third kappa shape index (κ3) is 7.46. The second-order valence-corrected chi connectivity index (χ2v) is 20.4. The summed E-state index contributed by atoms with van der Waals surface area (Å²) < 4.78 is 12.6. The highest BCUT2D eigenvalue weighted by Crippen LogP contribution is 2.47. The molecular formula is C42H38O2S8. The summed E-state index contributed by atoms with van der Waals surface area (Å²) >= 11 is 14.8. The Hall–Kier alpha value is -2.80. The van der Waals surface area contributed by atoms with E-state index in [9.17, 15) is 0 Å². The van der Waals surface area contributed by atoms with E-state index in [0.29, 0.717) is 13.2 Å². The van der Waals surface area contributed by atoms with Crippen molar-refractivity contribution in [3.05, 3.63) is 106 Å². The third-order valence-electron chi connectivity index (χ3n) is 8.97. The van der Waals surface area contributed by atoms with Gasteiger partial charge in [0.1, 0.15) is 13.2 Å². The summed E-state index contributed by atoms with van der Waals surface area (Å²) in [7, 11) is 0. The van der Waals surface area contributed by atoms with Gasteiger partial charge in [-0.25, -0.2) is 0 Å². The zero-order valence-corrected chi connectivity index (χ0v) is 35.9. The molecule has 8 rings (SSSR count). The minimum Gasteiger partial charge on any atom is -0.480 e. The standard InChI is InChI=1S/C42H38O2S8/c1-5-25-17-21-45-39(25)33-13-9-29(47-33)31-11-15-35(49-31)41-27(7-3)23-37(51-41)43-19-20-44-38-24-28(8-4)42(52-38)36-16-12-32(50-36)30-10-14-34(48-30)40-26(6-2)18-22-46-40/h9-18,21-24H,5-8,19-20H2,1-4H3. The first-order valence-electron chi connectivity index (χ1n) is 17.6. The number of aryl methyl sites for hydroxylation is 4. The van der Waals surface area contributed by atoms with Crippen molar-refractivity contribution in [1.82, 2.24) is 0 Å². The van der Waals surface area contributed by atoms with Crippen molar-refractivity contribution in [3.8, 4) is 68.7 Å². The van der Waals surface area contributed by atoms with Gasteiger partial charge in [0.2, 0.25) is 0 Å². The molecule has 0 radical (unpaired) electrons. The molecule has 8 aromatic rings. The summed E-state index contributed by atoms with van der Waals surface area (Å²) in [5, 5.41) is 6.34. The Balaban J connectivity index is 0.895. The van der Waals surface area contributed by atoms with E-state index in [1.54, 1.807) is 22.7 Å². The molecule has 0 aromatic carbocycles. The highest BCUT2D eigenvalue weighted by molar-refractivity contribution is 7.29. The topological polar surface area (TPSA) is 18.5 Å². The molecule has 0 N–H and O–H groups in total. The molecular weight excluding hydrogens is 793 g/mol. The number of ether oxygens (including phenoxy) is 2. The molecule has 0 aliphatic carbocycles. The van der Waals surface area contributed by atoms with Gasteiger partial charge in [-0.1, -0.05) is 50.4 Å². The molecule has 52 heavy (non-hydrogen) atoms. The molecule has 0 spiro atoms. The van der Waals surface area contributed by atoms with Crippen LogP contribution in [0.5, 0.6) is 10.1 Å². The SMILES string of the molecule is CCc1ccsc1-c1ccc(-c2ccc(-c3sc(OCCOc4cc(CC)c(-c5ccc(-c6ccc(-c7sccc7CC)s6)s5)s4)cc3CC)s2)s1. The Labute approximate surface area is 338 Å². The van der Waals surface area contributed by atoms with E-state index in [1.165, 1.54) is 80.8 Å². The van der Waals surface area contributed by atoms with Crippen LogP contribution in [0.3, 0.4) is 0 Å². The first kappa shape index (κ1) is 36.2. The molecule has 266 valence electrons. The minimum absolute atomic E-state index is 0.516. The summed E-state index contributed by atoms with van der Waals surface area (Å²) in [6, 6.07) is 27.2. The maximum atomic E-state index is 6.28. The predicted molar refractivity (Wildman–Crippen MR) is 237 cm³/mol. The molecule has 0 aliphatic rings. The quantitative estimate of drug-likeness (QED) is 0.0958. The normalized spacial score (nSPS) is 11.5. The van der Waals surface area contributed by atoms with Gasteiger partial charge in [0.25, 0.3) is 0 Å². The summed E-state index contributed by atoms with van der Waals surface area (Å²) in [6.07, 6.45) is 4.10. The molecule has 0 aliphatic heterocycles. The minimum atomic E-state index is 0.516. The maximum Gasteiger partial charge on any atom is 0.174 e. The first-order valence-corrected chi connectivity index (χ1v) is 24.3. The molecule has 0 saturated carbocycles. The Bertz CT molecular complexity index is 2230. The Kier molecular flexibility index (Phi) is 11.3. The van der Waals surface area contributed by atoms with Crippen LogP contribution in [-0.4, -0.2) is 13.2 Å². The van der Waals surface area contributed by atoms with Crippen LogP contribution in [-0.2, 0) is 25.7 Å². The van der Waals surface area contributed by atoms with Crippen molar-refractivity contribution in [2.24, 2.45) is 0 Å². The lowest BCUT2D eigenvalue weighted by molar-refractivity contribution is 0.225. The lowest BCUT2D eigenvalue weighted by Crippen LogP contribution is -2.07. The monoisotopic (exact) mass is 830 g/mol. The lowest BCUT2D eigenvalue weighted by atomic mass is 10.2. The fraction of sp³-hybridized carbons (Fsp3) is 0.238. The van der Waals surface area contributed by atoms with E-state index in [0.717, 1.165) is 35.8 Å². The molecule has 2 nitrogen and oxygen atoms in total. The van der Waals surface area contributed by atoms with Gasteiger partial charge in [-0.05, 0) is 131 Å². The fourth-order valence-corrected chi connectivity index (χ4v) is 15.3. The zero-order chi connectivity index (χ0) is 35.6. The van der Waals surface area contributed by atoms with Gasteiger partial charge in [0, 0.05) is 48.8 Å². The van der Waals surface area contributed by atoms with Gasteiger partial charge in [0.05, 0.1) is 9.75 Å². The van der Waals surface area contributed by atoms with Crippen LogP contribution in [0, 0.1) is 0 Å². The summed E-state index contributed by atoms with van der Waals surface area (Å²) in [6.45, 7) is 9.96. The van der Waals surface area contributed by atoms with Gasteiger partial charge in [0.15, 0.2) is 10.1 Å². The lowest BCUT2D eigenvalue weighted by Gasteiger charge is -2.04. The molecule has 10 heteroatoms. The summed E-state index contributed by atoms with van der Waals surface area (Å²) in [5.74, 6) is 0. The van der Waals surface area contributed by atoms with E-state index in [4.69, 9.17) is 9.47 Å². The summed E-state index contributed by atoms with van der Waals surface area (Å²) in [5.41, 5.74) is 5.57. The molecule has 0 atom stereocenters. The highest BCUT2D eigenvalue weighted by atomic mass is 32.1. The van der Waals surface area contributed by atoms with Gasteiger partial charge >= 0.3 is 0 Å².